The summed E-state index contributed by atoms with van der Waals surface area (Å²) in [6, 6.07) is 2.29. The third-order valence-corrected chi connectivity index (χ3v) is 3.19. The lowest BCUT2D eigenvalue weighted by Gasteiger charge is -2.45. The zero-order valence-electron chi connectivity index (χ0n) is 11.4. The van der Waals surface area contributed by atoms with E-state index in [0.717, 1.165) is 12.8 Å². The van der Waals surface area contributed by atoms with Gasteiger partial charge in [-0.25, -0.2) is 4.79 Å². The van der Waals surface area contributed by atoms with E-state index >= 15 is 0 Å². The average Bonchev–Trinajstić information content (AvgIpc) is 2.13. The average molecular weight is 238 g/mol. The van der Waals surface area contributed by atoms with Gasteiger partial charge < -0.3 is 9.64 Å². The largest absolute Gasteiger partial charge is 0.444 e. The molecule has 1 fully saturated rings. The second-order valence-electron chi connectivity index (χ2n) is 6.11. The molecule has 1 rings (SSSR count). The third kappa shape index (κ3) is 3.12. The number of hydrogen-bond donors (Lipinski definition) is 0. The topological polar surface area (TPSA) is 53.3 Å². The molecule has 1 saturated heterocycles. The first-order valence-electron chi connectivity index (χ1n) is 6.09. The molecule has 1 aliphatic rings. The van der Waals surface area contributed by atoms with Gasteiger partial charge in [-0.3, -0.25) is 0 Å². The SMILES string of the molecule is CC(C)(C)OC(=O)N1CCCC(C#N)C1(C)C. The zero-order valence-corrected chi connectivity index (χ0v) is 11.4. The van der Waals surface area contributed by atoms with Crippen LogP contribution in [0, 0.1) is 17.2 Å². The van der Waals surface area contributed by atoms with Gasteiger partial charge >= 0.3 is 6.09 Å². The number of amides is 1. The van der Waals surface area contributed by atoms with E-state index < -0.39 is 11.1 Å². The summed E-state index contributed by atoms with van der Waals surface area (Å²) >= 11 is 0. The van der Waals surface area contributed by atoms with Gasteiger partial charge in [-0.2, -0.15) is 5.26 Å². The molecule has 1 unspecified atom stereocenters. The van der Waals surface area contributed by atoms with Crippen molar-refractivity contribution in [3.63, 3.8) is 0 Å². The van der Waals surface area contributed by atoms with Gasteiger partial charge in [0.1, 0.15) is 5.60 Å². The van der Waals surface area contributed by atoms with Crippen LogP contribution in [0.5, 0.6) is 0 Å². The van der Waals surface area contributed by atoms with Crippen LogP contribution in [0.15, 0.2) is 0 Å². The molecule has 0 saturated carbocycles. The molecule has 1 amide bonds. The number of nitriles is 1. The lowest BCUT2D eigenvalue weighted by molar-refractivity contribution is -0.0158. The van der Waals surface area contributed by atoms with E-state index in [1.54, 1.807) is 4.90 Å². The Hall–Kier alpha value is -1.24. The van der Waals surface area contributed by atoms with Crippen molar-refractivity contribution in [2.75, 3.05) is 6.54 Å². The number of ether oxygens (including phenoxy) is 1. The molecule has 0 aliphatic carbocycles. The summed E-state index contributed by atoms with van der Waals surface area (Å²) in [4.78, 5) is 13.8. The second kappa shape index (κ2) is 4.56. The fourth-order valence-electron chi connectivity index (χ4n) is 2.15. The Labute approximate surface area is 104 Å². The minimum atomic E-state index is -0.493. The maximum Gasteiger partial charge on any atom is 0.410 e. The van der Waals surface area contributed by atoms with E-state index in [1.807, 2.05) is 34.6 Å². The van der Waals surface area contributed by atoms with Gasteiger partial charge in [0, 0.05) is 6.54 Å². The fourth-order valence-corrected chi connectivity index (χ4v) is 2.15. The second-order valence-corrected chi connectivity index (χ2v) is 6.11. The molecule has 4 heteroatoms. The lowest BCUT2D eigenvalue weighted by atomic mass is 9.80. The first-order valence-corrected chi connectivity index (χ1v) is 6.09. The summed E-state index contributed by atoms with van der Waals surface area (Å²) in [5, 5.41) is 9.13. The van der Waals surface area contributed by atoms with Gasteiger partial charge in [0.15, 0.2) is 0 Å². The molecule has 0 aromatic carbocycles. The maximum absolute atomic E-state index is 12.1. The summed E-state index contributed by atoms with van der Waals surface area (Å²) in [7, 11) is 0. The molecule has 0 spiro atoms. The number of carbonyl (C=O) groups excluding carboxylic acids is 1. The van der Waals surface area contributed by atoms with E-state index in [1.165, 1.54) is 0 Å². The first-order chi connectivity index (χ1) is 7.68. The molecule has 0 bridgehead atoms. The number of carbonyl (C=O) groups is 1. The number of hydrogen-bond acceptors (Lipinski definition) is 3. The van der Waals surface area contributed by atoms with Gasteiger partial charge in [-0.1, -0.05) is 0 Å². The zero-order chi connectivity index (χ0) is 13.3. The maximum atomic E-state index is 12.1. The van der Waals surface area contributed by atoms with Crippen molar-refractivity contribution < 1.29 is 9.53 Å². The van der Waals surface area contributed by atoms with Crippen molar-refractivity contribution in [3.05, 3.63) is 0 Å². The number of likely N-dealkylation sites (tertiary alicyclic amines) is 1. The van der Waals surface area contributed by atoms with E-state index in [4.69, 9.17) is 10.00 Å². The summed E-state index contributed by atoms with van der Waals surface area (Å²) in [5.41, 5.74) is -0.942. The minimum absolute atomic E-state index is 0.122. The highest BCUT2D eigenvalue weighted by molar-refractivity contribution is 5.69. The molecule has 96 valence electrons. The Bertz CT molecular complexity index is 336. The van der Waals surface area contributed by atoms with Crippen molar-refractivity contribution in [2.24, 2.45) is 5.92 Å². The Morgan fingerprint density at radius 2 is 2.06 bits per heavy atom. The number of nitrogens with zero attached hydrogens (tertiary/aromatic N) is 2. The summed E-state index contributed by atoms with van der Waals surface area (Å²) in [5.74, 6) is -0.122. The van der Waals surface area contributed by atoms with Crippen molar-refractivity contribution in [1.29, 1.82) is 5.26 Å². The van der Waals surface area contributed by atoms with Crippen LogP contribution in [0.25, 0.3) is 0 Å². The van der Waals surface area contributed by atoms with Crippen LogP contribution < -0.4 is 0 Å². The minimum Gasteiger partial charge on any atom is -0.444 e. The Kier molecular flexibility index (Phi) is 3.71. The van der Waals surface area contributed by atoms with Gasteiger partial charge in [-0.05, 0) is 47.5 Å². The molecule has 0 aromatic heterocycles. The molecule has 0 N–H and O–H groups in total. The van der Waals surface area contributed by atoms with Gasteiger partial charge in [0.2, 0.25) is 0 Å². The van der Waals surface area contributed by atoms with Crippen molar-refractivity contribution in [1.82, 2.24) is 4.90 Å². The van der Waals surface area contributed by atoms with Crippen LogP contribution >= 0.6 is 0 Å². The molecule has 1 heterocycles. The lowest BCUT2D eigenvalue weighted by Crippen LogP contribution is -2.56. The Morgan fingerprint density at radius 1 is 1.47 bits per heavy atom. The molecule has 0 aromatic rings. The van der Waals surface area contributed by atoms with Crippen LogP contribution in [0.1, 0.15) is 47.5 Å². The van der Waals surface area contributed by atoms with Gasteiger partial charge in [0.05, 0.1) is 17.5 Å². The summed E-state index contributed by atoms with van der Waals surface area (Å²) < 4.78 is 5.38. The standard InChI is InChI=1S/C13H22N2O2/c1-12(2,3)17-11(16)15-8-6-7-10(9-14)13(15,4)5/h10H,6-8H2,1-5H3. The van der Waals surface area contributed by atoms with E-state index in [0.29, 0.717) is 6.54 Å². The molecular formula is C13H22N2O2. The Balaban J connectivity index is 2.83. The molecule has 1 atom stereocenters. The van der Waals surface area contributed by atoms with Gasteiger partial charge in [-0.15, -0.1) is 0 Å². The van der Waals surface area contributed by atoms with Crippen LogP contribution in [0.2, 0.25) is 0 Å². The highest BCUT2D eigenvalue weighted by atomic mass is 16.6. The Morgan fingerprint density at radius 3 is 2.53 bits per heavy atom. The third-order valence-electron chi connectivity index (χ3n) is 3.19. The fraction of sp³-hybridized carbons (Fsp3) is 0.846. The molecular weight excluding hydrogens is 216 g/mol. The van der Waals surface area contributed by atoms with Crippen LogP contribution in [0.4, 0.5) is 4.79 Å². The van der Waals surface area contributed by atoms with Crippen LogP contribution in [-0.4, -0.2) is 28.7 Å². The van der Waals surface area contributed by atoms with Crippen LogP contribution in [0.3, 0.4) is 0 Å². The van der Waals surface area contributed by atoms with Crippen molar-refractivity contribution in [3.8, 4) is 6.07 Å². The van der Waals surface area contributed by atoms with Crippen molar-refractivity contribution in [2.45, 2.75) is 58.6 Å². The van der Waals surface area contributed by atoms with Crippen molar-refractivity contribution >= 4 is 6.09 Å². The quantitative estimate of drug-likeness (QED) is 0.652. The van der Waals surface area contributed by atoms with E-state index in [2.05, 4.69) is 6.07 Å². The van der Waals surface area contributed by atoms with Gasteiger partial charge in [0.25, 0.3) is 0 Å². The molecule has 4 nitrogen and oxygen atoms in total. The highest BCUT2D eigenvalue weighted by Crippen LogP contribution is 2.33. The summed E-state index contributed by atoms with van der Waals surface area (Å²) in [6.45, 7) is 10.1. The van der Waals surface area contributed by atoms with E-state index in [9.17, 15) is 4.79 Å². The van der Waals surface area contributed by atoms with E-state index in [-0.39, 0.29) is 12.0 Å². The smallest absolute Gasteiger partial charge is 0.410 e. The molecule has 17 heavy (non-hydrogen) atoms. The predicted octanol–water partition coefficient (Wildman–Crippen LogP) is 2.94. The normalized spacial score (nSPS) is 24.0. The first kappa shape index (κ1) is 13.8. The number of rotatable bonds is 0. The molecule has 1 aliphatic heterocycles. The monoisotopic (exact) mass is 238 g/mol. The summed E-state index contributed by atoms with van der Waals surface area (Å²) in [6.07, 6.45) is 1.39. The molecule has 0 radical (unpaired) electrons. The highest BCUT2D eigenvalue weighted by Gasteiger charge is 2.42. The predicted molar refractivity (Wildman–Crippen MR) is 65.4 cm³/mol. The van der Waals surface area contributed by atoms with Crippen LogP contribution in [-0.2, 0) is 4.74 Å². The number of piperidine rings is 1.